The second-order valence-corrected chi connectivity index (χ2v) is 5.05. The molecule has 2 heteroatoms. The van der Waals surface area contributed by atoms with Crippen LogP contribution in [0.25, 0.3) is 0 Å². The van der Waals surface area contributed by atoms with Crippen LogP contribution in [0.3, 0.4) is 0 Å². The third-order valence-corrected chi connectivity index (χ3v) is 3.34. The van der Waals surface area contributed by atoms with Crippen molar-refractivity contribution in [2.24, 2.45) is 5.73 Å². The van der Waals surface area contributed by atoms with E-state index in [-0.39, 0.29) is 5.54 Å². The molecule has 0 aromatic heterocycles. The van der Waals surface area contributed by atoms with Gasteiger partial charge in [-0.3, -0.25) is 0 Å². The third kappa shape index (κ3) is 4.43. The predicted octanol–water partition coefficient (Wildman–Crippen LogP) is 2.38. The molecule has 2 N–H and O–H groups in total. The highest BCUT2D eigenvalue weighted by Gasteiger charge is 2.20. The molecule has 84 valence electrons. The molecule has 1 atom stereocenters. The van der Waals surface area contributed by atoms with Crippen molar-refractivity contribution in [2.75, 3.05) is 19.6 Å². The molecule has 1 saturated heterocycles. The summed E-state index contributed by atoms with van der Waals surface area (Å²) in [5.41, 5.74) is 6.21. The van der Waals surface area contributed by atoms with Crippen LogP contribution >= 0.6 is 0 Å². The Morgan fingerprint density at radius 2 is 1.57 bits per heavy atom. The van der Waals surface area contributed by atoms with E-state index in [1.54, 1.807) is 0 Å². The zero-order valence-corrected chi connectivity index (χ0v) is 9.89. The Morgan fingerprint density at radius 3 is 2.07 bits per heavy atom. The van der Waals surface area contributed by atoms with Gasteiger partial charge in [-0.1, -0.05) is 26.2 Å². The molecule has 0 aromatic carbocycles. The van der Waals surface area contributed by atoms with Gasteiger partial charge in [0.2, 0.25) is 0 Å². The Bertz CT molecular complexity index is 146. The van der Waals surface area contributed by atoms with Crippen molar-refractivity contribution in [1.82, 2.24) is 4.90 Å². The SMILES string of the molecule is CCC(C)(N)CN1CCCCCCC1. The maximum Gasteiger partial charge on any atom is 0.0252 e. The molecule has 1 aliphatic rings. The van der Waals surface area contributed by atoms with Crippen LogP contribution in [0.1, 0.15) is 52.4 Å². The maximum absolute atomic E-state index is 6.20. The lowest BCUT2D eigenvalue weighted by Gasteiger charge is -2.32. The molecule has 0 bridgehead atoms. The van der Waals surface area contributed by atoms with E-state index < -0.39 is 0 Å². The van der Waals surface area contributed by atoms with Crippen molar-refractivity contribution in [1.29, 1.82) is 0 Å². The summed E-state index contributed by atoms with van der Waals surface area (Å²) in [4.78, 5) is 2.56. The van der Waals surface area contributed by atoms with Crippen molar-refractivity contribution in [3.63, 3.8) is 0 Å². The molecule has 0 radical (unpaired) electrons. The summed E-state index contributed by atoms with van der Waals surface area (Å²) in [5, 5.41) is 0. The summed E-state index contributed by atoms with van der Waals surface area (Å²) in [7, 11) is 0. The summed E-state index contributed by atoms with van der Waals surface area (Å²) in [6, 6.07) is 0. The van der Waals surface area contributed by atoms with E-state index in [0.29, 0.717) is 0 Å². The highest BCUT2D eigenvalue weighted by molar-refractivity contribution is 4.81. The van der Waals surface area contributed by atoms with Gasteiger partial charge in [-0.05, 0) is 39.3 Å². The topological polar surface area (TPSA) is 29.3 Å². The third-order valence-electron chi connectivity index (χ3n) is 3.34. The average molecular weight is 198 g/mol. The number of nitrogens with two attached hydrogens (primary N) is 1. The summed E-state index contributed by atoms with van der Waals surface area (Å²) in [6.45, 7) is 7.94. The lowest BCUT2D eigenvalue weighted by atomic mass is 9.98. The van der Waals surface area contributed by atoms with Gasteiger partial charge in [0.05, 0.1) is 0 Å². The Labute approximate surface area is 88.8 Å². The molecule has 2 nitrogen and oxygen atoms in total. The molecule has 0 spiro atoms. The van der Waals surface area contributed by atoms with Gasteiger partial charge >= 0.3 is 0 Å². The summed E-state index contributed by atoms with van der Waals surface area (Å²) in [6.07, 6.45) is 8.04. The van der Waals surface area contributed by atoms with Crippen molar-refractivity contribution in [2.45, 2.75) is 57.9 Å². The van der Waals surface area contributed by atoms with Gasteiger partial charge < -0.3 is 10.6 Å². The van der Waals surface area contributed by atoms with E-state index in [4.69, 9.17) is 5.73 Å². The van der Waals surface area contributed by atoms with Crippen molar-refractivity contribution in [3.05, 3.63) is 0 Å². The minimum atomic E-state index is 0.0131. The van der Waals surface area contributed by atoms with E-state index in [9.17, 15) is 0 Å². The van der Waals surface area contributed by atoms with Crippen molar-refractivity contribution >= 4 is 0 Å². The van der Waals surface area contributed by atoms with Crippen LogP contribution in [0.15, 0.2) is 0 Å². The number of hydrogen-bond donors (Lipinski definition) is 1. The lowest BCUT2D eigenvalue weighted by molar-refractivity contribution is 0.197. The van der Waals surface area contributed by atoms with Crippen LogP contribution in [0.5, 0.6) is 0 Å². The predicted molar refractivity (Wildman–Crippen MR) is 62.4 cm³/mol. The van der Waals surface area contributed by atoms with Gasteiger partial charge in [0.1, 0.15) is 0 Å². The first-order valence-corrected chi connectivity index (χ1v) is 6.15. The molecule has 1 unspecified atom stereocenters. The number of rotatable bonds is 3. The molecule has 1 fully saturated rings. The molecular formula is C12H26N2. The Balaban J connectivity index is 2.33. The first kappa shape index (κ1) is 12.0. The smallest absolute Gasteiger partial charge is 0.0252 e. The van der Waals surface area contributed by atoms with Crippen LogP contribution in [-0.4, -0.2) is 30.1 Å². The fourth-order valence-corrected chi connectivity index (χ4v) is 2.09. The minimum absolute atomic E-state index is 0.0131. The van der Waals surface area contributed by atoms with E-state index >= 15 is 0 Å². The second kappa shape index (κ2) is 5.72. The van der Waals surface area contributed by atoms with Gasteiger partial charge in [0.25, 0.3) is 0 Å². The van der Waals surface area contributed by atoms with Crippen molar-refractivity contribution < 1.29 is 0 Å². The molecule has 1 heterocycles. The normalized spacial score (nSPS) is 25.1. The zero-order chi connectivity index (χ0) is 10.4. The van der Waals surface area contributed by atoms with E-state index in [1.807, 2.05) is 0 Å². The first-order chi connectivity index (χ1) is 6.64. The van der Waals surface area contributed by atoms with Gasteiger partial charge in [0, 0.05) is 12.1 Å². The summed E-state index contributed by atoms with van der Waals surface area (Å²) < 4.78 is 0. The highest BCUT2D eigenvalue weighted by Crippen LogP contribution is 2.14. The van der Waals surface area contributed by atoms with Gasteiger partial charge in [-0.25, -0.2) is 0 Å². The molecule has 14 heavy (non-hydrogen) atoms. The highest BCUT2D eigenvalue weighted by atomic mass is 15.1. The Kier molecular flexibility index (Phi) is 4.90. The fraction of sp³-hybridized carbons (Fsp3) is 1.00. The van der Waals surface area contributed by atoms with Crippen LogP contribution in [0, 0.1) is 0 Å². The maximum atomic E-state index is 6.20. The first-order valence-electron chi connectivity index (χ1n) is 6.15. The standard InChI is InChI=1S/C12H26N2/c1-3-12(2,13)11-14-9-7-5-4-6-8-10-14/h3-11,13H2,1-2H3. The van der Waals surface area contributed by atoms with E-state index in [1.165, 1.54) is 45.2 Å². The summed E-state index contributed by atoms with van der Waals surface area (Å²) in [5.74, 6) is 0. The Hall–Kier alpha value is -0.0800. The average Bonchev–Trinajstić information content (AvgIpc) is 2.10. The molecule has 1 rings (SSSR count). The van der Waals surface area contributed by atoms with Crippen molar-refractivity contribution in [3.8, 4) is 0 Å². The number of nitrogens with zero attached hydrogens (tertiary/aromatic N) is 1. The second-order valence-electron chi connectivity index (χ2n) is 5.05. The molecular weight excluding hydrogens is 172 g/mol. The minimum Gasteiger partial charge on any atom is -0.324 e. The van der Waals surface area contributed by atoms with Crippen LogP contribution in [0.4, 0.5) is 0 Å². The van der Waals surface area contributed by atoms with Gasteiger partial charge in [-0.2, -0.15) is 0 Å². The Morgan fingerprint density at radius 1 is 1.07 bits per heavy atom. The van der Waals surface area contributed by atoms with E-state index in [2.05, 4.69) is 18.7 Å². The summed E-state index contributed by atoms with van der Waals surface area (Å²) >= 11 is 0. The largest absolute Gasteiger partial charge is 0.324 e. The number of likely N-dealkylation sites (tertiary alicyclic amines) is 1. The molecule has 0 amide bonds. The lowest BCUT2D eigenvalue weighted by Crippen LogP contribution is -2.48. The zero-order valence-electron chi connectivity index (χ0n) is 9.89. The van der Waals surface area contributed by atoms with E-state index in [0.717, 1.165) is 13.0 Å². The van der Waals surface area contributed by atoms with Gasteiger partial charge in [0.15, 0.2) is 0 Å². The van der Waals surface area contributed by atoms with Crippen LogP contribution in [0.2, 0.25) is 0 Å². The molecule has 0 aromatic rings. The molecule has 0 saturated carbocycles. The quantitative estimate of drug-likeness (QED) is 0.754. The fourth-order valence-electron chi connectivity index (χ4n) is 2.09. The van der Waals surface area contributed by atoms with Crippen LogP contribution in [-0.2, 0) is 0 Å². The monoisotopic (exact) mass is 198 g/mol. The molecule has 0 aliphatic carbocycles. The van der Waals surface area contributed by atoms with Crippen LogP contribution < -0.4 is 5.73 Å². The van der Waals surface area contributed by atoms with Gasteiger partial charge in [-0.15, -0.1) is 0 Å². The molecule has 1 aliphatic heterocycles. The number of hydrogen-bond acceptors (Lipinski definition) is 2.